The average molecular weight is 283 g/mol. The van der Waals surface area contributed by atoms with Crippen molar-refractivity contribution in [2.24, 2.45) is 5.41 Å². The zero-order valence-electron chi connectivity index (χ0n) is 11.7. The highest BCUT2D eigenvalue weighted by Gasteiger charge is 2.38. The van der Waals surface area contributed by atoms with Crippen molar-refractivity contribution in [1.82, 2.24) is 9.80 Å². The third-order valence-electron chi connectivity index (χ3n) is 4.60. The van der Waals surface area contributed by atoms with Crippen molar-refractivity contribution in [2.75, 3.05) is 33.2 Å². The van der Waals surface area contributed by atoms with Crippen molar-refractivity contribution in [3.63, 3.8) is 0 Å². The summed E-state index contributed by atoms with van der Waals surface area (Å²) in [7, 11) is 2.26. The molecule has 0 saturated carbocycles. The summed E-state index contributed by atoms with van der Waals surface area (Å²) in [4.78, 5) is 5.04. The van der Waals surface area contributed by atoms with Gasteiger partial charge in [0.1, 0.15) is 5.76 Å². The lowest BCUT2D eigenvalue weighted by Gasteiger charge is -2.47. The van der Waals surface area contributed by atoms with Crippen LogP contribution in [-0.2, 0) is 6.54 Å². The van der Waals surface area contributed by atoms with Gasteiger partial charge in [-0.3, -0.25) is 4.90 Å². The van der Waals surface area contributed by atoms with E-state index in [2.05, 4.69) is 16.8 Å². The summed E-state index contributed by atoms with van der Waals surface area (Å²) in [5, 5.41) is 0.499. The SMILES string of the molecule is CN1CCCC2(CCCN(Cc3ccc(Cl)o3)C2)C1. The second kappa shape index (κ2) is 5.47. The Kier molecular flexibility index (Phi) is 3.88. The quantitative estimate of drug-likeness (QED) is 0.830. The monoisotopic (exact) mass is 282 g/mol. The predicted molar refractivity (Wildman–Crippen MR) is 77.4 cm³/mol. The fraction of sp³-hybridized carbons (Fsp3) is 0.733. The number of likely N-dealkylation sites (tertiary alicyclic amines) is 2. The molecule has 1 spiro atoms. The summed E-state index contributed by atoms with van der Waals surface area (Å²) in [5.41, 5.74) is 0.516. The van der Waals surface area contributed by atoms with Crippen molar-refractivity contribution in [1.29, 1.82) is 0 Å². The maximum absolute atomic E-state index is 5.85. The standard InChI is InChI=1S/C15H23ClN2O/c1-17-8-2-6-15(11-17)7-3-9-18(12-15)10-13-4-5-14(16)19-13/h4-5H,2-3,6-12H2,1H3. The van der Waals surface area contributed by atoms with Gasteiger partial charge in [0.15, 0.2) is 5.22 Å². The molecule has 0 amide bonds. The smallest absolute Gasteiger partial charge is 0.193 e. The van der Waals surface area contributed by atoms with E-state index < -0.39 is 0 Å². The van der Waals surface area contributed by atoms with Crippen LogP contribution in [0, 0.1) is 5.41 Å². The molecule has 1 aromatic heterocycles. The Morgan fingerprint density at radius 3 is 2.68 bits per heavy atom. The first kappa shape index (κ1) is 13.5. The first-order chi connectivity index (χ1) is 9.15. The van der Waals surface area contributed by atoms with Crippen molar-refractivity contribution in [2.45, 2.75) is 32.2 Å². The van der Waals surface area contributed by atoms with E-state index in [9.17, 15) is 0 Å². The summed E-state index contributed by atoms with van der Waals surface area (Å²) in [6.45, 7) is 5.80. The fourth-order valence-corrected chi connectivity index (χ4v) is 4.05. The fourth-order valence-electron chi connectivity index (χ4n) is 3.89. The van der Waals surface area contributed by atoms with Gasteiger partial charge in [0, 0.05) is 13.1 Å². The Bertz CT molecular complexity index is 430. The number of hydrogen-bond acceptors (Lipinski definition) is 3. The van der Waals surface area contributed by atoms with Crippen LogP contribution in [0.1, 0.15) is 31.4 Å². The molecule has 2 aliphatic rings. The van der Waals surface area contributed by atoms with E-state index in [1.807, 2.05) is 12.1 Å². The predicted octanol–water partition coefficient (Wildman–Crippen LogP) is 3.24. The second-order valence-electron chi connectivity index (χ2n) is 6.36. The zero-order chi connectivity index (χ0) is 13.3. The molecule has 2 fully saturated rings. The van der Waals surface area contributed by atoms with Gasteiger partial charge in [0.25, 0.3) is 0 Å². The van der Waals surface area contributed by atoms with Crippen molar-refractivity contribution >= 4 is 11.6 Å². The van der Waals surface area contributed by atoms with Crippen LogP contribution in [0.2, 0.25) is 5.22 Å². The van der Waals surface area contributed by atoms with Gasteiger partial charge in [0.2, 0.25) is 0 Å². The third-order valence-corrected chi connectivity index (χ3v) is 4.80. The van der Waals surface area contributed by atoms with Crippen LogP contribution in [0.15, 0.2) is 16.5 Å². The summed E-state index contributed by atoms with van der Waals surface area (Å²) in [6, 6.07) is 3.83. The Hall–Kier alpha value is -0.510. The van der Waals surface area contributed by atoms with Crippen molar-refractivity contribution < 1.29 is 4.42 Å². The van der Waals surface area contributed by atoms with Crippen LogP contribution in [0.3, 0.4) is 0 Å². The number of furan rings is 1. The molecule has 3 nitrogen and oxygen atoms in total. The summed E-state index contributed by atoms with van der Waals surface area (Å²) in [5.74, 6) is 0.992. The van der Waals surface area contributed by atoms with Gasteiger partial charge in [0.05, 0.1) is 6.54 Å². The molecule has 3 rings (SSSR count). The van der Waals surface area contributed by atoms with E-state index in [0.29, 0.717) is 10.6 Å². The van der Waals surface area contributed by atoms with E-state index >= 15 is 0 Å². The Labute approximate surface area is 120 Å². The Balaban J connectivity index is 1.64. The van der Waals surface area contributed by atoms with Crippen molar-refractivity contribution in [3.8, 4) is 0 Å². The van der Waals surface area contributed by atoms with E-state index in [4.69, 9.17) is 16.0 Å². The van der Waals surface area contributed by atoms with Gasteiger partial charge in [-0.25, -0.2) is 0 Å². The highest BCUT2D eigenvalue weighted by molar-refractivity contribution is 6.28. The first-order valence-electron chi connectivity index (χ1n) is 7.30. The molecule has 2 aliphatic heterocycles. The van der Waals surface area contributed by atoms with Crippen LogP contribution < -0.4 is 0 Å². The number of piperidine rings is 2. The lowest BCUT2D eigenvalue weighted by Crippen LogP contribution is -2.51. The summed E-state index contributed by atoms with van der Waals surface area (Å²) < 4.78 is 5.50. The minimum atomic E-state index is 0.499. The highest BCUT2D eigenvalue weighted by atomic mass is 35.5. The van der Waals surface area contributed by atoms with Crippen LogP contribution in [0.25, 0.3) is 0 Å². The maximum Gasteiger partial charge on any atom is 0.193 e. The molecule has 0 radical (unpaired) electrons. The maximum atomic E-state index is 5.85. The van der Waals surface area contributed by atoms with Crippen molar-refractivity contribution in [3.05, 3.63) is 23.1 Å². The molecule has 0 aromatic carbocycles. The third kappa shape index (κ3) is 3.15. The molecule has 0 N–H and O–H groups in total. The Morgan fingerprint density at radius 1 is 1.21 bits per heavy atom. The zero-order valence-corrected chi connectivity index (χ0v) is 12.5. The number of halogens is 1. The molecule has 0 bridgehead atoms. The van der Waals surface area contributed by atoms with Gasteiger partial charge in [-0.05, 0) is 75.0 Å². The lowest BCUT2D eigenvalue weighted by atomic mass is 9.74. The molecule has 0 aliphatic carbocycles. The number of rotatable bonds is 2. The highest BCUT2D eigenvalue weighted by Crippen LogP contribution is 2.38. The van der Waals surface area contributed by atoms with Gasteiger partial charge >= 0.3 is 0 Å². The van der Waals surface area contributed by atoms with Gasteiger partial charge < -0.3 is 9.32 Å². The van der Waals surface area contributed by atoms with Gasteiger partial charge in [-0.2, -0.15) is 0 Å². The van der Waals surface area contributed by atoms with E-state index in [1.165, 1.54) is 51.9 Å². The molecule has 1 aromatic rings. The molecule has 3 heterocycles. The van der Waals surface area contributed by atoms with Crippen LogP contribution in [0.5, 0.6) is 0 Å². The molecular weight excluding hydrogens is 260 g/mol. The minimum absolute atomic E-state index is 0.499. The van der Waals surface area contributed by atoms with Crippen LogP contribution in [0.4, 0.5) is 0 Å². The van der Waals surface area contributed by atoms with Gasteiger partial charge in [-0.1, -0.05) is 0 Å². The first-order valence-corrected chi connectivity index (χ1v) is 7.68. The molecule has 2 saturated heterocycles. The van der Waals surface area contributed by atoms with Crippen LogP contribution in [-0.4, -0.2) is 43.0 Å². The lowest BCUT2D eigenvalue weighted by molar-refractivity contribution is 0.0174. The summed E-state index contributed by atoms with van der Waals surface area (Å²) in [6.07, 6.45) is 5.42. The van der Waals surface area contributed by atoms with E-state index in [1.54, 1.807) is 0 Å². The van der Waals surface area contributed by atoms with Gasteiger partial charge in [-0.15, -0.1) is 0 Å². The van der Waals surface area contributed by atoms with Crippen LogP contribution >= 0.6 is 11.6 Å². The second-order valence-corrected chi connectivity index (χ2v) is 6.73. The molecule has 106 valence electrons. The minimum Gasteiger partial charge on any atom is -0.448 e. The molecular formula is C15H23ClN2O. The molecule has 19 heavy (non-hydrogen) atoms. The summed E-state index contributed by atoms with van der Waals surface area (Å²) >= 11 is 5.85. The van der Waals surface area contributed by atoms with E-state index in [-0.39, 0.29) is 0 Å². The number of nitrogens with zero attached hydrogens (tertiary/aromatic N) is 2. The molecule has 1 atom stereocenters. The largest absolute Gasteiger partial charge is 0.448 e. The molecule has 1 unspecified atom stereocenters. The molecule has 4 heteroatoms. The normalized spacial score (nSPS) is 30.0. The van der Waals surface area contributed by atoms with E-state index in [0.717, 1.165) is 12.3 Å². The average Bonchev–Trinajstić information content (AvgIpc) is 2.74. The topological polar surface area (TPSA) is 19.6 Å². The number of hydrogen-bond donors (Lipinski definition) is 0. The Morgan fingerprint density at radius 2 is 2.00 bits per heavy atom.